The van der Waals surface area contributed by atoms with Crippen LogP contribution in [0.15, 0.2) is 16.9 Å². The maximum Gasteiger partial charge on any atom is 0.128 e. The number of aliphatic imine (C=N–C) groups is 1. The van der Waals surface area contributed by atoms with Gasteiger partial charge >= 0.3 is 0 Å². The number of hydrogen-bond donors (Lipinski definition) is 0. The van der Waals surface area contributed by atoms with Crippen molar-refractivity contribution in [2.75, 3.05) is 0 Å². The Morgan fingerprint density at radius 2 is 1.47 bits per heavy atom. The van der Waals surface area contributed by atoms with Gasteiger partial charge in [-0.25, -0.2) is 10.3 Å². The molecule has 2 heteroatoms. The summed E-state index contributed by atoms with van der Waals surface area (Å²) < 4.78 is 0. The van der Waals surface area contributed by atoms with Crippen molar-refractivity contribution < 1.29 is 0 Å². The van der Waals surface area contributed by atoms with Crippen LogP contribution in [0.4, 0.5) is 0 Å². The van der Waals surface area contributed by atoms with Gasteiger partial charge in [-0.05, 0) is 19.3 Å². The van der Waals surface area contributed by atoms with Crippen molar-refractivity contribution in [3.8, 4) is 0 Å². The maximum absolute atomic E-state index is 4.59. The molecule has 0 amide bonds. The molecule has 97 valence electrons. The normalized spacial score (nSPS) is 14.5. The van der Waals surface area contributed by atoms with Gasteiger partial charge in [-0.15, -0.1) is 0 Å². The Labute approximate surface area is 107 Å². The molecule has 0 bridgehead atoms. The largest absolute Gasteiger partial charge is 0.240 e. The minimum Gasteiger partial charge on any atom is -0.240 e. The van der Waals surface area contributed by atoms with E-state index in [2.05, 4.69) is 24.2 Å². The summed E-state index contributed by atoms with van der Waals surface area (Å²) in [6.07, 6.45) is 14.6. The second-order valence-electron chi connectivity index (χ2n) is 4.90. The average molecular weight is 235 g/mol. The molecule has 0 aromatic heterocycles. The molecule has 0 saturated carbocycles. The summed E-state index contributed by atoms with van der Waals surface area (Å²) in [5.41, 5.74) is 1.20. The number of rotatable bonds is 10. The Hall–Kier alpha value is -0.790. The molecule has 0 aromatic rings. The SMILES string of the molecule is CCCCCCC1=C[N]C(CCCCCC)=N1. The zero-order valence-corrected chi connectivity index (χ0v) is 11.5. The summed E-state index contributed by atoms with van der Waals surface area (Å²) >= 11 is 0. The zero-order valence-electron chi connectivity index (χ0n) is 11.5. The van der Waals surface area contributed by atoms with Crippen LogP contribution in [0.25, 0.3) is 0 Å². The summed E-state index contributed by atoms with van der Waals surface area (Å²) in [6.45, 7) is 4.49. The van der Waals surface area contributed by atoms with Crippen LogP contribution >= 0.6 is 0 Å². The summed E-state index contributed by atoms with van der Waals surface area (Å²) in [5.74, 6) is 1.06. The lowest BCUT2D eigenvalue weighted by molar-refractivity contribution is 0.662. The van der Waals surface area contributed by atoms with Crippen molar-refractivity contribution in [2.45, 2.75) is 78.1 Å². The fourth-order valence-corrected chi connectivity index (χ4v) is 2.06. The number of unbranched alkanes of at least 4 members (excludes halogenated alkanes) is 6. The van der Waals surface area contributed by atoms with Crippen molar-refractivity contribution in [1.82, 2.24) is 5.32 Å². The topological polar surface area (TPSA) is 26.5 Å². The van der Waals surface area contributed by atoms with Crippen molar-refractivity contribution in [3.63, 3.8) is 0 Å². The Morgan fingerprint density at radius 1 is 0.824 bits per heavy atom. The third-order valence-electron chi connectivity index (χ3n) is 3.18. The van der Waals surface area contributed by atoms with Gasteiger partial charge in [0.15, 0.2) is 0 Å². The van der Waals surface area contributed by atoms with Crippen LogP contribution in [0, 0.1) is 0 Å². The van der Waals surface area contributed by atoms with E-state index in [1.165, 1.54) is 57.1 Å². The Morgan fingerprint density at radius 3 is 2.12 bits per heavy atom. The Balaban J connectivity index is 2.07. The number of amidine groups is 1. The van der Waals surface area contributed by atoms with E-state index in [-0.39, 0.29) is 0 Å². The van der Waals surface area contributed by atoms with Crippen molar-refractivity contribution in [1.29, 1.82) is 0 Å². The van der Waals surface area contributed by atoms with E-state index >= 15 is 0 Å². The van der Waals surface area contributed by atoms with Gasteiger partial charge < -0.3 is 0 Å². The zero-order chi connectivity index (χ0) is 12.3. The number of allylic oxidation sites excluding steroid dienone is 1. The first-order valence-electron chi connectivity index (χ1n) is 7.34. The molecule has 1 heterocycles. The van der Waals surface area contributed by atoms with Gasteiger partial charge in [-0.2, -0.15) is 0 Å². The summed E-state index contributed by atoms with van der Waals surface area (Å²) in [5, 5.41) is 4.40. The second kappa shape index (κ2) is 9.26. The molecule has 0 saturated heterocycles. The van der Waals surface area contributed by atoms with Gasteiger partial charge in [0.1, 0.15) is 5.84 Å². The molecule has 17 heavy (non-hydrogen) atoms. The predicted octanol–water partition coefficient (Wildman–Crippen LogP) is 4.79. The molecular formula is C15H27N2. The van der Waals surface area contributed by atoms with Gasteiger partial charge in [-0.3, -0.25) is 0 Å². The minimum absolute atomic E-state index is 1.06. The molecule has 0 aromatic carbocycles. The monoisotopic (exact) mass is 235 g/mol. The predicted molar refractivity (Wildman–Crippen MR) is 75.2 cm³/mol. The third kappa shape index (κ3) is 6.50. The van der Waals surface area contributed by atoms with Crippen LogP contribution in [0.2, 0.25) is 0 Å². The van der Waals surface area contributed by atoms with Crippen LogP contribution in [0.5, 0.6) is 0 Å². The standard InChI is InChI=1S/C15H27N2/c1-3-5-7-9-11-14-13-16-15(17-14)12-10-8-6-4-2/h13H,3-12H2,1-2H3. The number of nitrogens with zero attached hydrogens (tertiary/aromatic N) is 2. The molecule has 1 radical (unpaired) electrons. The first-order valence-corrected chi connectivity index (χ1v) is 7.34. The smallest absolute Gasteiger partial charge is 0.128 e. The molecule has 0 fully saturated rings. The highest BCUT2D eigenvalue weighted by atomic mass is 15.0. The van der Waals surface area contributed by atoms with Crippen LogP contribution in [-0.4, -0.2) is 5.84 Å². The lowest BCUT2D eigenvalue weighted by Gasteiger charge is -1.99. The quantitative estimate of drug-likeness (QED) is 0.487. The van der Waals surface area contributed by atoms with E-state index < -0.39 is 0 Å². The molecule has 0 aliphatic carbocycles. The maximum atomic E-state index is 4.59. The van der Waals surface area contributed by atoms with Crippen molar-refractivity contribution >= 4 is 5.84 Å². The number of hydrogen-bond acceptors (Lipinski definition) is 1. The van der Waals surface area contributed by atoms with Gasteiger partial charge in [0.05, 0.1) is 11.9 Å². The van der Waals surface area contributed by atoms with Crippen LogP contribution in [-0.2, 0) is 0 Å². The highest BCUT2D eigenvalue weighted by molar-refractivity contribution is 5.85. The average Bonchev–Trinajstić information content (AvgIpc) is 2.78. The lowest BCUT2D eigenvalue weighted by Crippen LogP contribution is -2.05. The highest BCUT2D eigenvalue weighted by Gasteiger charge is 2.08. The summed E-state index contributed by atoms with van der Waals surface area (Å²) in [4.78, 5) is 4.59. The molecule has 0 atom stereocenters. The van der Waals surface area contributed by atoms with Crippen molar-refractivity contribution in [3.05, 3.63) is 11.9 Å². The van der Waals surface area contributed by atoms with Crippen LogP contribution in [0.1, 0.15) is 78.1 Å². The minimum atomic E-state index is 1.06. The fraction of sp³-hybridized carbons (Fsp3) is 0.800. The van der Waals surface area contributed by atoms with E-state index in [9.17, 15) is 0 Å². The molecule has 0 unspecified atom stereocenters. The first kappa shape index (κ1) is 14.3. The Kier molecular flexibility index (Phi) is 7.78. The summed E-state index contributed by atoms with van der Waals surface area (Å²) in [6, 6.07) is 0. The van der Waals surface area contributed by atoms with E-state index in [0.29, 0.717) is 0 Å². The van der Waals surface area contributed by atoms with Crippen LogP contribution < -0.4 is 5.32 Å². The molecule has 1 aliphatic heterocycles. The van der Waals surface area contributed by atoms with Gasteiger partial charge in [0.2, 0.25) is 0 Å². The van der Waals surface area contributed by atoms with Crippen LogP contribution in [0.3, 0.4) is 0 Å². The molecule has 1 aliphatic rings. The molecule has 2 nitrogen and oxygen atoms in total. The third-order valence-corrected chi connectivity index (χ3v) is 3.18. The van der Waals surface area contributed by atoms with Crippen molar-refractivity contribution in [2.24, 2.45) is 4.99 Å². The van der Waals surface area contributed by atoms with E-state index in [1.54, 1.807) is 0 Å². The van der Waals surface area contributed by atoms with Gasteiger partial charge in [0, 0.05) is 6.42 Å². The lowest BCUT2D eigenvalue weighted by atomic mass is 10.1. The van der Waals surface area contributed by atoms with E-state index in [0.717, 1.165) is 18.7 Å². The molecule has 0 spiro atoms. The van der Waals surface area contributed by atoms with E-state index in [4.69, 9.17) is 0 Å². The fourth-order valence-electron chi connectivity index (χ4n) is 2.06. The van der Waals surface area contributed by atoms with Gasteiger partial charge in [-0.1, -0.05) is 52.4 Å². The summed E-state index contributed by atoms with van der Waals surface area (Å²) in [7, 11) is 0. The molecular weight excluding hydrogens is 208 g/mol. The molecule has 0 N–H and O–H groups in total. The van der Waals surface area contributed by atoms with Gasteiger partial charge in [0.25, 0.3) is 0 Å². The van der Waals surface area contributed by atoms with E-state index in [1.807, 2.05) is 6.20 Å². The highest BCUT2D eigenvalue weighted by Crippen LogP contribution is 2.16. The first-order chi connectivity index (χ1) is 8.36. The second-order valence-corrected chi connectivity index (χ2v) is 4.90. The Bertz CT molecular complexity index is 254. The molecule has 1 rings (SSSR count).